The van der Waals surface area contributed by atoms with Crippen LogP contribution in [-0.4, -0.2) is 22.3 Å². The SMILES string of the molecule is CC(CCCN)C(=O)c1cnccn1. The second kappa shape index (κ2) is 5.44. The van der Waals surface area contributed by atoms with E-state index in [1.54, 1.807) is 6.20 Å². The number of carbonyl (C=O) groups excluding carboxylic acids is 1. The van der Waals surface area contributed by atoms with Crippen LogP contribution in [0.2, 0.25) is 0 Å². The minimum absolute atomic E-state index is 0.0183. The van der Waals surface area contributed by atoms with Crippen LogP contribution in [0.4, 0.5) is 0 Å². The Morgan fingerprint density at radius 2 is 2.36 bits per heavy atom. The summed E-state index contributed by atoms with van der Waals surface area (Å²) in [5, 5.41) is 0. The van der Waals surface area contributed by atoms with Crippen LogP contribution in [0.1, 0.15) is 30.3 Å². The maximum Gasteiger partial charge on any atom is 0.185 e. The van der Waals surface area contributed by atoms with Crippen molar-refractivity contribution >= 4 is 5.78 Å². The fourth-order valence-electron chi connectivity index (χ4n) is 1.23. The monoisotopic (exact) mass is 193 g/mol. The lowest BCUT2D eigenvalue weighted by Crippen LogP contribution is -2.14. The minimum atomic E-state index is -0.0183. The molecule has 0 aliphatic carbocycles. The average Bonchev–Trinajstić information content (AvgIpc) is 2.26. The van der Waals surface area contributed by atoms with Gasteiger partial charge in [-0.05, 0) is 19.4 Å². The lowest BCUT2D eigenvalue weighted by atomic mass is 9.99. The van der Waals surface area contributed by atoms with Crippen molar-refractivity contribution < 1.29 is 4.79 Å². The van der Waals surface area contributed by atoms with Gasteiger partial charge in [0.05, 0.1) is 6.20 Å². The number of nitrogens with two attached hydrogens (primary N) is 1. The van der Waals surface area contributed by atoms with E-state index in [4.69, 9.17) is 5.73 Å². The van der Waals surface area contributed by atoms with Crippen LogP contribution in [0.5, 0.6) is 0 Å². The molecule has 0 aromatic carbocycles. The van der Waals surface area contributed by atoms with Crippen molar-refractivity contribution in [1.29, 1.82) is 0 Å². The van der Waals surface area contributed by atoms with Gasteiger partial charge in [0.2, 0.25) is 0 Å². The molecule has 2 N–H and O–H groups in total. The summed E-state index contributed by atoms with van der Waals surface area (Å²) >= 11 is 0. The zero-order chi connectivity index (χ0) is 10.4. The molecule has 1 unspecified atom stereocenters. The number of ketones is 1. The van der Waals surface area contributed by atoms with Gasteiger partial charge < -0.3 is 5.73 Å². The number of nitrogens with zero attached hydrogens (tertiary/aromatic N) is 2. The summed E-state index contributed by atoms with van der Waals surface area (Å²) in [4.78, 5) is 19.5. The number of Topliss-reactive ketones (excluding diaryl/α,β-unsaturated/α-hetero) is 1. The Balaban J connectivity index is 2.57. The smallest absolute Gasteiger partial charge is 0.185 e. The van der Waals surface area contributed by atoms with Crippen molar-refractivity contribution in [2.75, 3.05) is 6.54 Å². The number of hydrogen-bond donors (Lipinski definition) is 1. The van der Waals surface area contributed by atoms with Gasteiger partial charge in [-0.15, -0.1) is 0 Å². The number of carbonyl (C=O) groups is 1. The molecule has 0 spiro atoms. The summed E-state index contributed by atoms with van der Waals surface area (Å²) in [5.74, 6) is 0.0294. The van der Waals surface area contributed by atoms with Gasteiger partial charge >= 0.3 is 0 Å². The van der Waals surface area contributed by atoms with Gasteiger partial charge in [0.15, 0.2) is 5.78 Å². The van der Waals surface area contributed by atoms with Gasteiger partial charge in [-0.3, -0.25) is 9.78 Å². The molecule has 0 saturated carbocycles. The van der Waals surface area contributed by atoms with Crippen LogP contribution in [0.15, 0.2) is 18.6 Å². The molecular weight excluding hydrogens is 178 g/mol. The van der Waals surface area contributed by atoms with Crippen LogP contribution in [0.3, 0.4) is 0 Å². The highest BCUT2D eigenvalue weighted by Crippen LogP contribution is 2.10. The highest BCUT2D eigenvalue weighted by molar-refractivity contribution is 5.95. The fraction of sp³-hybridized carbons (Fsp3) is 0.500. The first-order valence-corrected chi connectivity index (χ1v) is 4.76. The molecule has 0 bridgehead atoms. The molecule has 1 aromatic rings. The second-order valence-corrected chi connectivity index (χ2v) is 3.29. The van der Waals surface area contributed by atoms with Crippen molar-refractivity contribution in [3.05, 3.63) is 24.3 Å². The molecule has 14 heavy (non-hydrogen) atoms. The van der Waals surface area contributed by atoms with E-state index in [-0.39, 0.29) is 11.7 Å². The highest BCUT2D eigenvalue weighted by Gasteiger charge is 2.15. The van der Waals surface area contributed by atoms with E-state index in [1.807, 2.05) is 6.92 Å². The first-order chi connectivity index (χ1) is 6.75. The van der Waals surface area contributed by atoms with E-state index in [2.05, 4.69) is 9.97 Å². The Morgan fingerprint density at radius 1 is 1.57 bits per heavy atom. The number of hydrogen-bond acceptors (Lipinski definition) is 4. The molecule has 1 atom stereocenters. The highest BCUT2D eigenvalue weighted by atomic mass is 16.1. The second-order valence-electron chi connectivity index (χ2n) is 3.29. The average molecular weight is 193 g/mol. The summed E-state index contributed by atoms with van der Waals surface area (Å²) in [6, 6.07) is 0. The molecule has 0 saturated heterocycles. The van der Waals surface area contributed by atoms with Gasteiger partial charge in [-0.1, -0.05) is 6.92 Å². The summed E-state index contributed by atoms with van der Waals surface area (Å²) in [6.45, 7) is 2.52. The third-order valence-electron chi connectivity index (χ3n) is 2.10. The summed E-state index contributed by atoms with van der Waals surface area (Å²) in [5.41, 5.74) is 5.82. The third kappa shape index (κ3) is 2.88. The van der Waals surface area contributed by atoms with E-state index >= 15 is 0 Å². The van der Waals surface area contributed by atoms with E-state index in [0.717, 1.165) is 12.8 Å². The summed E-state index contributed by atoms with van der Waals surface area (Å²) in [7, 11) is 0. The molecule has 0 aliphatic heterocycles. The largest absolute Gasteiger partial charge is 0.330 e. The van der Waals surface area contributed by atoms with Gasteiger partial charge in [0, 0.05) is 18.3 Å². The zero-order valence-corrected chi connectivity index (χ0v) is 8.31. The van der Waals surface area contributed by atoms with E-state index in [9.17, 15) is 4.79 Å². The first kappa shape index (κ1) is 10.8. The Morgan fingerprint density at radius 3 is 2.93 bits per heavy atom. The van der Waals surface area contributed by atoms with Crippen LogP contribution < -0.4 is 5.73 Å². The molecule has 76 valence electrons. The molecule has 0 amide bonds. The molecule has 4 heteroatoms. The molecular formula is C10H15N3O. The zero-order valence-electron chi connectivity index (χ0n) is 8.31. The maximum absolute atomic E-state index is 11.7. The molecule has 0 radical (unpaired) electrons. The van der Waals surface area contributed by atoms with Gasteiger partial charge in [-0.25, -0.2) is 4.98 Å². The fourth-order valence-corrected chi connectivity index (χ4v) is 1.23. The van der Waals surface area contributed by atoms with Crippen LogP contribution >= 0.6 is 0 Å². The molecule has 1 heterocycles. The third-order valence-corrected chi connectivity index (χ3v) is 2.10. The number of aromatic nitrogens is 2. The normalized spacial score (nSPS) is 12.4. The van der Waals surface area contributed by atoms with E-state index < -0.39 is 0 Å². The van der Waals surface area contributed by atoms with Gasteiger partial charge in [0.1, 0.15) is 5.69 Å². The summed E-state index contributed by atoms with van der Waals surface area (Å²) < 4.78 is 0. The van der Waals surface area contributed by atoms with Crippen molar-refractivity contribution in [2.45, 2.75) is 19.8 Å². The molecule has 4 nitrogen and oxygen atoms in total. The van der Waals surface area contributed by atoms with Crippen molar-refractivity contribution in [3.63, 3.8) is 0 Å². The molecule has 0 fully saturated rings. The van der Waals surface area contributed by atoms with E-state index in [1.165, 1.54) is 12.4 Å². The quantitative estimate of drug-likeness (QED) is 0.709. The lowest BCUT2D eigenvalue weighted by molar-refractivity contribution is 0.0917. The van der Waals surface area contributed by atoms with Crippen molar-refractivity contribution in [1.82, 2.24) is 9.97 Å². The number of rotatable bonds is 5. The van der Waals surface area contributed by atoms with Gasteiger partial charge in [-0.2, -0.15) is 0 Å². The molecule has 1 rings (SSSR count). The Labute approximate surface area is 83.6 Å². The van der Waals surface area contributed by atoms with E-state index in [0.29, 0.717) is 12.2 Å². The topological polar surface area (TPSA) is 68.9 Å². The predicted octanol–water partition coefficient (Wildman–Crippen LogP) is 1.03. The maximum atomic E-state index is 11.7. The Kier molecular flexibility index (Phi) is 4.19. The Hall–Kier alpha value is -1.29. The van der Waals surface area contributed by atoms with Crippen LogP contribution in [0, 0.1) is 5.92 Å². The predicted molar refractivity (Wildman–Crippen MR) is 53.8 cm³/mol. The van der Waals surface area contributed by atoms with Crippen LogP contribution in [0.25, 0.3) is 0 Å². The lowest BCUT2D eigenvalue weighted by Gasteiger charge is -2.07. The van der Waals surface area contributed by atoms with Crippen molar-refractivity contribution in [3.8, 4) is 0 Å². The standard InChI is InChI=1S/C10H15N3O/c1-8(3-2-4-11)10(14)9-7-12-5-6-13-9/h5-8H,2-4,11H2,1H3. The van der Waals surface area contributed by atoms with Crippen LogP contribution in [-0.2, 0) is 0 Å². The molecule has 1 aromatic heterocycles. The molecule has 0 aliphatic rings. The first-order valence-electron chi connectivity index (χ1n) is 4.76. The van der Waals surface area contributed by atoms with Crippen molar-refractivity contribution in [2.24, 2.45) is 11.7 Å². The minimum Gasteiger partial charge on any atom is -0.330 e. The Bertz CT molecular complexity index is 287. The van der Waals surface area contributed by atoms with Gasteiger partial charge in [0.25, 0.3) is 0 Å². The summed E-state index contributed by atoms with van der Waals surface area (Å²) in [6.07, 6.45) is 6.27.